The van der Waals surface area contributed by atoms with Gasteiger partial charge in [-0.2, -0.15) is 0 Å². The van der Waals surface area contributed by atoms with E-state index in [2.05, 4.69) is 0 Å². The minimum Gasteiger partial charge on any atom is -0.508 e. The van der Waals surface area contributed by atoms with E-state index in [1.54, 1.807) is 42.5 Å². The van der Waals surface area contributed by atoms with Crippen LogP contribution in [-0.4, -0.2) is 25.1 Å². The van der Waals surface area contributed by atoms with Gasteiger partial charge in [-0.25, -0.2) is 8.42 Å². The molecule has 0 amide bonds. The number of Topliss-reactive ketones (excluding diaryl/α,β-unsaturated/α-hetero) is 2. The largest absolute Gasteiger partial charge is 0.508 e. The molecule has 4 aromatic rings. The molecule has 0 saturated heterocycles. The van der Waals surface area contributed by atoms with E-state index in [1.807, 2.05) is 0 Å². The van der Waals surface area contributed by atoms with Crippen molar-refractivity contribution in [3.63, 3.8) is 0 Å². The molecule has 0 fully saturated rings. The van der Waals surface area contributed by atoms with Crippen LogP contribution < -0.4 is 4.74 Å². The number of carbonyl (C=O) groups is 2. The summed E-state index contributed by atoms with van der Waals surface area (Å²) in [5, 5.41) is 9.35. The zero-order valence-electron chi connectivity index (χ0n) is 17.2. The molecule has 1 N–H and O–H groups in total. The Morgan fingerprint density at radius 3 is 1.52 bits per heavy atom. The average Bonchev–Trinajstić information content (AvgIpc) is 2.85. The van der Waals surface area contributed by atoms with Crippen molar-refractivity contribution in [3.05, 3.63) is 114 Å². The Balaban J connectivity index is 1.46. The highest BCUT2D eigenvalue weighted by Gasteiger charge is 2.19. The van der Waals surface area contributed by atoms with Crippen LogP contribution in [0.2, 0.25) is 0 Å². The van der Waals surface area contributed by atoms with Crippen molar-refractivity contribution >= 4 is 21.4 Å². The van der Waals surface area contributed by atoms with E-state index in [1.165, 1.54) is 60.7 Å². The first-order valence-electron chi connectivity index (χ1n) is 9.91. The summed E-state index contributed by atoms with van der Waals surface area (Å²) >= 11 is 0. The van der Waals surface area contributed by atoms with Gasteiger partial charge in [0.15, 0.2) is 0 Å². The second-order valence-corrected chi connectivity index (χ2v) is 9.07. The molecule has 0 radical (unpaired) electrons. The van der Waals surface area contributed by atoms with E-state index in [0.717, 1.165) is 0 Å². The first-order chi connectivity index (χ1) is 15.8. The summed E-state index contributed by atoms with van der Waals surface area (Å²) in [6.45, 7) is 0. The van der Waals surface area contributed by atoms with Gasteiger partial charge in [-0.15, -0.1) is 0 Å². The van der Waals surface area contributed by atoms with E-state index in [0.29, 0.717) is 17.1 Å². The summed E-state index contributed by atoms with van der Waals surface area (Å²) in [6, 6.07) is 25.6. The molecule has 7 heteroatoms. The summed E-state index contributed by atoms with van der Waals surface area (Å²) in [5.74, 6) is -0.395. The van der Waals surface area contributed by atoms with Crippen LogP contribution in [0.25, 0.3) is 0 Å². The Morgan fingerprint density at radius 1 is 0.576 bits per heavy atom. The van der Waals surface area contributed by atoms with Crippen LogP contribution in [0.3, 0.4) is 0 Å². The number of benzene rings is 4. The lowest BCUT2D eigenvalue weighted by Crippen LogP contribution is -2.14. The SMILES string of the molecule is O=C(C(=O)c1ccc(Oc2ccc(S(=O)(=O)c3ccc(O)cc3)cc2)cc1)c1ccccc1. The van der Waals surface area contributed by atoms with Gasteiger partial charge in [-0.05, 0) is 72.8 Å². The number of hydrogen-bond acceptors (Lipinski definition) is 6. The Labute approximate surface area is 190 Å². The Morgan fingerprint density at radius 2 is 1.00 bits per heavy atom. The maximum Gasteiger partial charge on any atom is 0.233 e. The third kappa shape index (κ3) is 4.83. The van der Waals surface area contributed by atoms with Gasteiger partial charge in [0.05, 0.1) is 9.79 Å². The van der Waals surface area contributed by atoms with E-state index in [4.69, 9.17) is 4.74 Å². The van der Waals surface area contributed by atoms with Crippen LogP contribution in [-0.2, 0) is 9.84 Å². The number of carbonyl (C=O) groups excluding carboxylic acids is 2. The monoisotopic (exact) mass is 458 g/mol. The van der Waals surface area contributed by atoms with Gasteiger partial charge in [0.25, 0.3) is 0 Å². The fourth-order valence-corrected chi connectivity index (χ4v) is 4.37. The van der Waals surface area contributed by atoms with Crippen molar-refractivity contribution in [1.29, 1.82) is 0 Å². The third-order valence-corrected chi connectivity index (χ3v) is 6.66. The Kier molecular flexibility index (Phi) is 6.06. The maximum atomic E-state index is 12.7. The van der Waals surface area contributed by atoms with Crippen molar-refractivity contribution in [1.82, 2.24) is 0 Å². The lowest BCUT2D eigenvalue weighted by Gasteiger charge is -2.09. The third-order valence-electron chi connectivity index (χ3n) is 4.88. The Hall–Kier alpha value is -4.23. The smallest absolute Gasteiger partial charge is 0.233 e. The lowest BCUT2D eigenvalue weighted by molar-refractivity contribution is 0.0817. The van der Waals surface area contributed by atoms with Crippen LogP contribution in [0.15, 0.2) is 113 Å². The summed E-state index contributed by atoms with van der Waals surface area (Å²) in [5.41, 5.74) is 0.566. The number of rotatable bonds is 7. The number of ether oxygens (including phenoxy) is 1. The highest BCUT2D eigenvalue weighted by molar-refractivity contribution is 7.91. The van der Waals surface area contributed by atoms with Crippen LogP contribution in [0.1, 0.15) is 20.7 Å². The topological polar surface area (TPSA) is 97.7 Å². The minimum absolute atomic E-state index is 0.0187. The van der Waals surface area contributed by atoms with Crippen LogP contribution in [0.4, 0.5) is 0 Å². The molecule has 0 aliphatic heterocycles. The van der Waals surface area contributed by atoms with Crippen molar-refractivity contribution < 1.29 is 27.9 Å². The fourth-order valence-electron chi connectivity index (χ4n) is 3.11. The van der Waals surface area contributed by atoms with Gasteiger partial charge < -0.3 is 9.84 Å². The molecular formula is C26H18O6S. The van der Waals surface area contributed by atoms with Gasteiger partial charge in [0, 0.05) is 11.1 Å². The molecule has 33 heavy (non-hydrogen) atoms. The van der Waals surface area contributed by atoms with E-state index in [-0.39, 0.29) is 21.1 Å². The number of sulfone groups is 1. The molecule has 4 rings (SSSR count). The molecule has 0 unspecified atom stereocenters. The molecule has 6 nitrogen and oxygen atoms in total. The summed E-state index contributed by atoms with van der Waals surface area (Å²) in [6.07, 6.45) is 0. The molecule has 0 atom stereocenters. The van der Waals surface area contributed by atoms with Gasteiger partial charge in [0.1, 0.15) is 17.2 Å². The molecule has 0 aliphatic carbocycles. The number of aromatic hydroxyl groups is 1. The number of ketones is 2. The highest BCUT2D eigenvalue weighted by Crippen LogP contribution is 2.27. The molecule has 0 aromatic heterocycles. The zero-order valence-corrected chi connectivity index (χ0v) is 18.0. The molecular weight excluding hydrogens is 440 g/mol. The summed E-state index contributed by atoms with van der Waals surface area (Å²) < 4.78 is 31.1. The minimum atomic E-state index is -3.73. The molecule has 4 aromatic carbocycles. The van der Waals surface area contributed by atoms with E-state index >= 15 is 0 Å². The van der Waals surface area contributed by atoms with Crippen molar-refractivity contribution in [2.75, 3.05) is 0 Å². The average molecular weight is 458 g/mol. The van der Waals surface area contributed by atoms with Crippen LogP contribution in [0.5, 0.6) is 17.2 Å². The van der Waals surface area contributed by atoms with Gasteiger partial charge in [-0.1, -0.05) is 30.3 Å². The Bertz CT molecular complexity index is 1390. The number of phenolic OH excluding ortho intramolecular Hbond substituents is 1. The van der Waals surface area contributed by atoms with E-state index < -0.39 is 21.4 Å². The van der Waals surface area contributed by atoms with Crippen molar-refractivity contribution in [3.8, 4) is 17.2 Å². The predicted molar refractivity (Wildman–Crippen MR) is 122 cm³/mol. The van der Waals surface area contributed by atoms with Gasteiger partial charge in [-0.3, -0.25) is 9.59 Å². The first kappa shape index (κ1) is 22.0. The predicted octanol–water partition coefficient (Wildman–Crippen LogP) is 5.08. The molecule has 0 saturated carbocycles. The fraction of sp³-hybridized carbons (Fsp3) is 0. The standard InChI is InChI=1S/C26H18O6S/c27-20-8-14-23(15-9-20)33(30,31)24-16-12-22(13-17-24)32-21-10-6-19(7-11-21)26(29)25(28)18-4-2-1-3-5-18/h1-17,27H. The normalized spacial score (nSPS) is 11.0. The van der Waals surface area contributed by atoms with Crippen LogP contribution >= 0.6 is 0 Å². The zero-order chi connectivity index (χ0) is 23.4. The summed E-state index contributed by atoms with van der Waals surface area (Å²) in [7, 11) is -3.73. The maximum absolute atomic E-state index is 12.7. The molecule has 164 valence electrons. The molecule has 0 aliphatic rings. The van der Waals surface area contributed by atoms with E-state index in [9.17, 15) is 23.1 Å². The lowest BCUT2D eigenvalue weighted by atomic mass is 10.0. The first-order valence-corrected chi connectivity index (χ1v) is 11.4. The van der Waals surface area contributed by atoms with Gasteiger partial charge in [0.2, 0.25) is 21.4 Å². The molecule has 0 heterocycles. The number of phenols is 1. The van der Waals surface area contributed by atoms with Crippen LogP contribution in [0, 0.1) is 0 Å². The summed E-state index contributed by atoms with van der Waals surface area (Å²) in [4.78, 5) is 24.9. The quantitative estimate of drug-likeness (QED) is 0.306. The molecule has 0 bridgehead atoms. The van der Waals surface area contributed by atoms with Crippen molar-refractivity contribution in [2.24, 2.45) is 0 Å². The molecule has 0 spiro atoms. The second kappa shape index (κ2) is 9.10. The van der Waals surface area contributed by atoms with Gasteiger partial charge >= 0.3 is 0 Å². The highest BCUT2D eigenvalue weighted by atomic mass is 32.2. The number of hydrogen-bond donors (Lipinski definition) is 1. The second-order valence-electron chi connectivity index (χ2n) is 7.12. The van der Waals surface area contributed by atoms with Crippen molar-refractivity contribution in [2.45, 2.75) is 9.79 Å².